The van der Waals surface area contributed by atoms with Crippen LogP contribution in [0.25, 0.3) is 110 Å². The van der Waals surface area contributed by atoms with Crippen LogP contribution >= 0.6 is 11.3 Å². The zero-order valence-corrected chi connectivity index (χ0v) is 30.9. The van der Waals surface area contributed by atoms with E-state index in [1.807, 2.05) is 53.8 Å². The van der Waals surface area contributed by atoms with Gasteiger partial charge in [-0.05, 0) is 39.9 Å². The highest BCUT2D eigenvalue weighted by Gasteiger charge is 2.20. The summed E-state index contributed by atoms with van der Waals surface area (Å²) >= 11 is 1.86. The first-order valence-corrected chi connectivity index (χ1v) is 19.5. The zero-order valence-electron chi connectivity index (χ0n) is 30.1. The molecular weight excluding hydrogens is 703 g/mol. The molecule has 0 atom stereocenters. The van der Waals surface area contributed by atoms with Gasteiger partial charge in [-0.3, -0.25) is 0 Å². The average molecular weight is 734 g/mol. The van der Waals surface area contributed by atoms with Crippen LogP contribution in [0.3, 0.4) is 0 Å². The molecule has 4 nitrogen and oxygen atoms in total. The number of rotatable bonds is 6. The van der Waals surface area contributed by atoms with Crippen LogP contribution in [0.5, 0.6) is 0 Å². The number of hydrogen-bond acceptors (Lipinski definition) is 5. The molecule has 0 saturated heterocycles. The fourth-order valence-electron chi connectivity index (χ4n) is 7.81. The average Bonchev–Trinajstić information content (AvgIpc) is 3.86. The molecule has 0 aliphatic rings. The number of aromatic nitrogens is 3. The molecule has 0 saturated carbocycles. The Morgan fingerprint density at radius 3 is 1.45 bits per heavy atom. The summed E-state index contributed by atoms with van der Waals surface area (Å²) < 4.78 is 9.51. The monoisotopic (exact) mass is 733 g/mol. The predicted octanol–water partition coefficient (Wildman–Crippen LogP) is 14.1. The number of nitrogens with zero attached hydrogens (tertiary/aromatic N) is 3. The first-order valence-electron chi connectivity index (χ1n) is 18.7. The first kappa shape index (κ1) is 32.2. The van der Waals surface area contributed by atoms with Crippen LogP contribution in [0.4, 0.5) is 0 Å². The molecule has 11 aromatic rings. The van der Waals surface area contributed by atoms with Crippen LogP contribution < -0.4 is 0 Å². The van der Waals surface area contributed by atoms with Gasteiger partial charge in [0.05, 0.1) is 5.56 Å². The van der Waals surface area contributed by atoms with Crippen LogP contribution in [0.1, 0.15) is 0 Å². The molecule has 0 aliphatic carbocycles. The van der Waals surface area contributed by atoms with E-state index in [0.29, 0.717) is 17.5 Å². The number of hydrogen-bond donors (Lipinski definition) is 0. The summed E-state index contributed by atoms with van der Waals surface area (Å²) in [6.45, 7) is 0. The molecule has 0 unspecified atom stereocenters. The van der Waals surface area contributed by atoms with E-state index in [-0.39, 0.29) is 0 Å². The minimum Gasteiger partial charge on any atom is -0.455 e. The quantitative estimate of drug-likeness (QED) is 0.171. The fraction of sp³-hybridized carbons (Fsp3) is 0. The largest absolute Gasteiger partial charge is 0.455 e. The van der Waals surface area contributed by atoms with Gasteiger partial charge in [-0.25, -0.2) is 15.0 Å². The third-order valence-corrected chi connectivity index (χ3v) is 11.8. The van der Waals surface area contributed by atoms with Crippen LogP contribution in [0, 0.1) is 0 Å². The number of furan rings is 1. The smallest absolute Gasteiger partial charge is 0.167 e. The highest BCUT2D eigenvalue weighted by molar-refractivity contribution is 7.26. The van der Waals surface area contributed by atoms with E-state index in [9.17, 15) is 0 Å². The van der Waals surface area contributed by atoms with Gasteiger partial charge < -0.3 is 4.42 Å². The second-order valence-corrected chi connectivity index (χ2v) is 15.0. The van der Waals surface area contributed by atoms with Crippen molar-refractivity contribution < 1.29 is 4.42 Å². The topological polar surface area (TPSA) is 51.8 Å². The molecule has 3 aromatic heterocycles. The summed E-state index contributed by atoms with van der Waals surface area (Å²) in [6.07, 6.45) is 0. The molecule has 262 valence electrons. The Morgan fingerprint density at radius 1 is 0.304 bits per heavy atom. The van der Waals surface area contributed by atoms with Crippen molar-refractivity contribution >= 4 is 53.4 Å². The summed E-state index contributed by atoms with van der Waals surface area (Å²) in [5, 5.41) is 4.68. The van der Waals surface area contributed by atoms with E-state index in [0.717, 1.165) is 60.9 Å². The summed E-state index contributed by atoms with van der Waals surface area (Å²) in [5.41, 5.74) is 11.1. The van der Waals surface area contributed by atoms with Gasteiger partial charge in [0, 0.05) is 47.6 Å². The van der Waals surface area contributed by atoms with E-state index in [2.05, 4.69) is 146 Å². The van der Waals surface area contributed by atoms with Crippen LogP contribution in [-0.2, 0) is 0 Å². The molecule has 5 heteroatoms. The summed E-state index contributed by atoms with van der Waals surface area (Å²) in [6, 6.07) is 65.6. The Kier molecular flexibility index (Phi) is 7.64. The van der Waals surface area contributed by atoms with Crippen LogP contribution in [0.2, 0.25) is 0 Å². The first-order chi connectivity index (χ1) is 27.7. The Bertz CT molecular complexity index is 3220. The van der Waals surface area contributed by atoms with Gasteiger partial charge >= 0.3 is 0 Å². The Hall–Kier alpha value is -7.21. The lowest BCUT2D eigenvalue weighted by atomic mass is 9.98. The number of benzene rings is 8. The third kappa shape index (κ3) is 5.48. The van der Waals surface area contributed by atoms with Gasteiger partial charge in [-0.2, -0.15) is 0 Å². The molecule has 0 fully saturated rings. The lowest BCUT2D eigenvalue weighted by molar-refractivity contribution is 0.670. The highest BCUT2D eigenvalue weighted by atomic mass is 32.1. The van der Waals surface area contributed by atoms with Crippen molar-refractivity contribution in [2.75, 3.05) is 0 Å². The van der Waals surface area contributed by atoms with Crippen molar-refractivity contribution in [1.29, 1.82) is 0 Å². The molecule has 8 aromatic carbocycles. The SMILES string of the molecule is c1ccc(-c2ccc(-c3nc(-c4ccccc4)nc(-c4cccc5c4oc4c(-c6ccc(-c7cccc8c7sc7ccccc78)cc6)cccc45)n3)cc2)cc1. The summed E-state index contributed by atoms with van der Waals surface area (Å²) in [5.74, 6) is 1.78. The van der Waals surface area contributed by atoms with Gasteiger partial charge in [0.1, 0.15) is 11.2 Å². The van der Waals surface area contributed by atoms with Gasteiger partial charge in [0.2, 0.25) is 0 Å². The Labute approximate surface area is 327 Å². The molecule has 0 amide bonds. The van der Waals surface area contributed by atoms with Crippen molar-refractivity contribution in [2.45, 2.75) is 0 Å². The van der Waals surface area contributed by atoms with E-state index in [4.69, 9.17) is 19.4 Å². The molecule has 0 spiro atoms. The minimum absolute atomic E-state index is 0.562. The fourth-order valence-corrected chi connectivity index (χ4v) is 9.05. The van der Waals surface area contributed by atoms with Crippen LogP contribution in [-0.4, -0.2) is 15.0 Å². The van der Waals surface area contributed by atoms with Gasteiger partial charge in [0.15, 0.2) is 17.5 Å². The van der Waals surface area contributed by atoms with Gasteiger partial charge in [-0.1, -0.05) is 176 Å². The van der Waals surface area contributed by atoms with Crippen molar-refractivity contribution in [3.8, 4) is 67.5 Å². The Balaban J connectivity index is 1.01. The molecule has 0 bridgehead atoms. The number of fused-ring (bicyclic) bond motifs is 6. The predicted molar refractivity (Wildman–Crippen MR) is 233 cm³/mol. The summed E-state index contributed by atoms with van der Waals surface area (Å²) in [7, 11) is 0. The van der Waals surface area contributed by atoms with Crippen molar-refractivity contribution in [1.82, 2.24) is 15.0 Å². The molecule has 0 N–H and O–H groups in total. The highest BCUT2D eigenvalue weighted by Crippen LogP contribution is 2.42. The molecule has 0 aliphatic heterocycles. The standard InChI is InChI=1S/C51H31N3OS/c1-3-12-32(13-4-1)33-24-30-37(31-25-33)50-52-49(36-14-5-2-6-15-36)53-51(54-50)44-22-11-20-42-41-19-9-17-38(46(41)55-47(42)44)34-26-28-35(29-27-34)39-18-10-21-43-40-16-7-8-23-45(40)56-48(39)43/h1-31H. The van der Waals surface area contributed by atoms with E-state index in [1.54, 1.807) is 0 Å². The normalized spacial score (nSPS) is 11.6. The third-order valence-electron chi connectivity index (χ3n) is 10.6. The van der Waals surface area contributed by atoms with Crippen molar-refractivity contribution in [3.63, 3.8) is 0 Å². The lowest BCUT2D eigenvalue weighted by Crippen LogP contribution is -2.00. The van der Waals surface area contributed by atoms with E-state index >= 15 is 0 Å². The van der Waals surface area contributed by atoms with E-state index < -0.39 is 0 Å². The zero-order chi connectivity index (χ0) is 37.0. The Morgan fingerprint density at radius 2 is 0.750 bits per heavy atom. The maximum atomic E-state index is 6.89. The van der Waals surface area contributed by atoms with Crippen LogP contribution in [0.15, 0.2) is 192 Å². The second-order valence-electron chi connectivity index (χ2n) is 13.9. The van der Waals surface area contributed by atoms with E-state index in [1.165, 1.54) is 31.3 Å². The van der Waals surface area contributed by atoms with Crippen molar-refractivity contribution in [3.05, 3.63) is 188 Å². The second kappa shape index (κ2) is 13.3. The number of para-hydroxylation sites is 2. The molecule has 0 radical (unpaired) electrons. The minimum atomic E-state index is 0.562. The molecule has 11 rings (SSSR count). The molecule has 3 heterocycles. The maximum absolute atomic E-state index is 6.89. The van der Waals surface area contributed by atoms with Gasteiger partial charge in [0.25, 0.3) is 0 Å². The number of thiophene rings is 1. The molecular formula is C51H31N3OS. The lowest BCUT2D eigenvalue weighted by Gasteiger charge is -2.09. The maximum Gasteiger partial charge on any atom is 0.167 e. The van der Waals surface area contributed by atoms with Crippen molar-refractivity contribution in [2.24, 2.45) is 0 Å². The summed E-state index contributed by atoms with van der Waals surface area (Å²) in [4.78, 5) is 15.1. The molecule has 56 heavy (non-hydrogen) atoms. The van der Waals surface area contributed by atoms with Gasteiger partial charge in [-0.15, -0.1) is 11.3 Å².